The number of carbonyl (C=O) groups is 2. The fourth-order valence-corrected chi connectivity index (χ4v) is 5.90. The third kappa shape index (κ3) is 9.16. The molecule has 2 amide bonds. The summed E-state index contributed by atoms with van der Waals surface area (Å²) >= 11 is 12.9. The summed E-state index contributed by atoms with van der Waals surface area (Å²) in [6.07, 6.45) is 2.60. The molecule has 43 heavy (non-hydrogen) atoms. The van der Waals surface area contributed by atoms with Crippen molar-refractivity contribution >= 4 is 56.4 Å². The van der Waals surface area contributed by atoms with Crippen LogP contribution in [0.4, 0.5) is 11.4 Å². The van der Waals surface area contributed by atoms with Gasteiger partial charge in [0, 0.05) is 47.3 Å². The van der Waals surface area contributed by atoms with Gasteiger partial charge in [0.25, 0.3) is 5.69 Å². The highest BCUT2D eigenvalue weighted by Gasteiger charge is 2.34. The number of rotatable bonds is 14. The molecule has 10 nitrogen and oxygen atoms in total. The average molecular weight is 650 g/mol. The SMILES string of the molecule is CCCCNC(=O)C(Cc1ccccc1)N(Cc1c(Cl)cccc1Cl)C(=O)CN(c1cc([N+](=O)[O-])ccc1C)S(C)(=O)=O. The molecule has 0 saturated carbocycles. The largest absolute Gasteiger partial charge is 0.354 e. The zero-order valence-electron chi connectivity index (χ0n) is 24.1. The fourth-order valence-electron chi connectivity index (χ4n) is 4.49. The topological polar surface area (TPSA) is 130 Å². The Bertz CT molecular complexity index is 1550. The Labute approximate surface area is 261 Å². The number of aryl methyl sites for hydroxylation is 1. The van der Waals surface area contributed by atoms with Crippen molar-refractivity contribution in [3.8, 4) is 0 Å². The summed E-state index contributed by atoms with van der Waals surface area (Å²) in [5.41, 5.74) is 1.21. The van der Waals surface area contributed by atoms with Gasteiger partial charge in [0.1, 0.15) is 12.6 Å². The van der Waals surface area contributed by atoms with E-state index in [1.165, 1.54) is 17.0 Å². The van der Waals surface area contributed by atoms with Crippen LogP contribution in [0.5, 0.6) is 0 Å². The van der Waals surface area contributed by atoms with Gasteiger partial charge >= 0.3 is 0 Å². The van der Waals surface area contributed by atoms with Crippen molar-refractivity contribution in [1.29, 1.82) is 0 Å². The number of nitro groups is 1. The molecule has 1 N–H and O–H groups in total. The first-order valence-corrected chi connectivity index (χ1v) is 16.2. The molecule has 0 aromatic heterocycles. The van der Waals surface area contributed by atoms with Crippen molar-refractivity contribution < 1.29 is 22.9 Å². The van der Waals surface area contributed by atoms with Crippen molar-refractivity contribution in [2.24, 2.45) is 0 Å². The molecule has 0 aliphatic rings. The molecule has 3 aromatic rings. The van der Waals surface area contributed by atoms with Crippen LogP contribution in [0.3, 0.4) is 0 Å². The van der Waals surface area contributed by atoms with Crippen molar-refractivity contribution in [2.45, 2.75) is 45.7 Å². The first-order valence-electron chi connectivity index (χ1n) is 13.6. The molecule has 1 atom stereocenters. The minimum Gasteiger partial charge on any atom is -0.354 e. The van der Waals surface area contributed by atoms with Gasteiger partial charge in [-0.1, -0.05) is 79.0 Å². The van der Waals surface area contributed by atoms with E-state index in [2.05, 4.69) is 5.32 Å². The van der Waals surface area contributed by atoms with Crippen molar-refractivity contribution in [3.63, 3.8) is 0 Å². The van der Waals surface area contributed by atoms with Gasteiger partial charge in [0.05, 0.1) is 16.9 Å². The zero-order chi connectivity index (χ0) is 31.7. The van der Waals surface area contributed by atoms with Crippen LogP contribution in [0.1, 0.15) is 36.5 Å². The Morgan fingerprint density at radius 2 is 1.67 bits per heavy atom. The summed E-state index contributed by atoms with van der Waals surface area (Å²) in [6, 6.07) is 16.7. The summed E-state index contributed by atoms with van der Waals surface area (Å²) in [5, 5.41) is 14.9. The highest BCUT2D eigenvalue weighted by atomic mass is 35.5. The minimum atomic E-state index is -4.11. The molecule has 0 aliphatic carbocycles. The lowest BCUT2D eigenvalue weighted by Gasteiger charge is -2.34. The predicted octanol–water partition coefficient (Wildman–Crippen LogP) is 5.53. The molecular weight excluding hydrogens is 615 g/mol. The highest BCUT2D eigenvalue weighted by molar-refractivity contribution is 7.92. The van der Waals surface area contributed by atoms with E-state index < -0.39 is 39.3 Å². The first-order chi connectivity index (χ1) is 20.3. The van der Waals surface area contributed by atoms with Crippen LogP contribution in [0.15, 0.2) is 66.7 Å². The quantitative estimate of drug-likeness (QED) is 0.139. The van der Waals surface area contributed by atoms with E-state index >= 15 is 0 Å². The molecule has 0 spiro atoms. The molecule has 0 radical (unpaired) electrons. The number of nitro benzene ring substituents is 1. The summed E-state index contributed by atoms with van der Waals surface area (Å²) in [7, 11) is -4.11. The molecule has 0 fully saturated rings. The lowest BCUT2D eigenvalue weighted by molar-refractivity contribution is -0.384. The maximum absolute atomic E-state index is 14.2. The fraction of sp³-hybridized carbons (Fsp3) is 0.333. The van der Waals surface area contributed by atoms with E-state index in [4.69, 9.17) is 23.2 Å². The minimum absolute atomic E-state index is 0.0206. The van der Waals surface area contributed by atoms with Gasteiger partial charge < -0.3 is 10.2 Å². The van der Waals surface area contributed by atoms with Crippen molar-refractivity contribution in [2.75, 3.05) is 23.7 Å². The molecule has 0 heterocycles. The van der Waals surface area contributed by atoms with Crippen LogP contribution in [0, 0.1) is 17.0 Å². The van der Waals surface area contributed by atoms with Gasteiger partial charge in [-0.05, 0) is 36.6 Å². The molecule has 13 heteroatoms. The normalized spacial score (nSPS) is 11.9. The molecule has 3 aromatic carbocycles. The van der Waals surface area contributed by atoms with E-state index in [-0.39, 0.29) is 34.4 Å². The third-order valence-electron chi connectivity index (χ3n) is 6.84. The number of non-ortho nitro benzene ring substituents is 1. The van der Waals surface area contributed by atoms with E-state index in [1.54, 1.807) is 25.1 Å². The maximum Gasteiger partial charge on any atom is 0.271 e. The van der Waals surface area contributed by atoms with E-state index in [1.807, 2.05) is 37.3 Å². The number of hydrogen-bond acceptors (Lipinski definition) is 6. The number of benzene rings is 3. The Morgan fingerprint density at radius 1 is 1.02 bits per heavy atom. The molecule has 0 bridgehead atoms. The Hall–Kier alpha value is -3.67. The second-order valence-corrected chi connectivity index (χ2v) is 12.8. The zero-order valence-corrected chi connectivity index (χ0v) is 26.5. The second kappa shape index (κ2) is 15.2. The van der Waals surface area contributed by atoms with E-state index in [0.29, 0.717) is 17.7 Å². The number of hydrogen-bond donors (Lipinski definition) is 1. The molecule has 1 unspecified atom stereocenters. The summed E-state index contributed by atoms with van der Waals surface area (Å²) in [5.74, 6) is -1.15. The first kappa shape index (κ1) is 33.8. The lowest BCUT2D eigenvalue weighted by Crippen LogP contribution is -2.53. The number of unbranched alkanes of at least 4 members (excludes halogenated alkanes) is 1. The Kier molecular flexibility index (Phi) is 11.9. The van der Waals surface area contributed by atoms with Crippen LogP contribution >= 0.6 is 23.2 Å². The van der Waals surface area contributed by atoms with Crippen LogP contribution in [-0.4, -0.2) is 55.4 Å². The summed E-state index contributed by atoms with van der Waals surface area (Å²) in [6.45, 7) is 3.04. The Balaban J connectivity index is 2.13. The monoisotopic (exact) mass is 648 g/mol. The van der Waals surface area contributed by atoms with Gasteiger partial charge in [-0.25, -0.2) is 8.42 Å². The average Bonchev–Trinajstić information content (AvgIpc) is 2.95. The number of sulfonamides is 1. The predicted molar refractivity (Wildman–Crippen MR) is 169 cm³/mol. The van der Waals surface area contributed by atoms with Gasteiger partial charge in [0.15, 0.2) is 0 Å². The number of anilines is 1. The van der Waals surface area contributed by atoms with Crippen LogP contribution in [0.2, 0.25) is 10.0 Å². The summed E-state index contributed by atoms with van der Waals surface area (Å²) in [4.78, 5) is 40.0. The molecule has 0 aliphatic heterocycles. The maximum atomic E-state index is 14.2. The van der Waals surface area contributed by atoms with Crippen LogP contribution < -0.4 is 9.62 Å². The summed E-state index contributed by atoms with van der Waals surface area (Å²) < 4.78 is 26.9. The standard InChI is InChI=1S/C30H34Cl2N4O6S/c1-4-5-16-33-30(38)28(17-22-10-7-6-8-11-22)34(19-24-25(31)12-9-13-26(24)32)29(37)20-35(43(3,41)42)27-18-23(36(39)40)15-14-21(27)2/h6-15,18,28H,4-5,16-17,19-20H2,1-3H3,(H,33,38). The Morgan fingerprint density at radius 3 is 2.26 bits per heavy atom. The van der Waals surface area contributed by atoms with Crippen LogP contribution in [-0.2, 0) is 32.6 Å². The van der Waals surface area contributed by atoms with Crippen LogP contribution in [0.25, 0.3) is 0 Å². The second-order valence-electron chi connectivity index (χ2n) is 10.1. The number of halogens is 2. The van der Waals surface area contributed by atoms with Crippen molar-refractivity contribution in [1.82, 2.24) is 10.2 Å². The van der Waals surface area contributed by atoms with E-state index in [0.717, 1.165) is 35.0 Å². The molecular formula is C30H34Cl2N4O6S. The number of carbonyl (C=O) groups excluding carboxylic acids is 2. The smallest absolute Gasteiger partial charge is 0.271 e. The van der Waals surface area contributed by atoms with Gasteiger partial charge in [-0.3, -0.25) is 24.0 Å². The van der Waals surface area contributed by atoms with E-state index in [9.17, 15) is 28.1 Å². The lowest BCUT2D eigenvalue weighted by atomic mass is 10.0. The highest BCUT2D eigenvalue weighted by Crippen LogP contribution is 2.30. The number of amides is 2. The van der Waals surface area contributed by atoms with Crippen molar-refractivity contribution in [3.05, 3.63) is 104 Å². The number of nitrogens with one attached hydrogen (secondary N) is 1. The van der Waals surface area contributed by atoms with Gasteiger partial charge in [0.2, 0.25) is 21.8 Å². The van der Waals surface area contributed by atoms with Gasteiger partial charge in [-0.15, -0.1) is 0 Å². The third-order valence-corrected chi connectivity index (χ3v) is 8.68. The molecule has 3 rings (SSSR count). The molecule has 0 saturated heterocycles. The molecule has 230 valence electrons. The van der Waals surface area contributed by atoms with Gasteiger partial charge in [-0.2, -0.15) is 0 Å². The number of nitrogens with zero attached hydrogens (tertiary/aromatic N) is 3.